The number of ether oxygens (including phenoxy) is 1. The van der Waals surface area contributed by atoms with Crippen molar-refractivity contribution in [2.45, 2.75) is 95.3 Å². The Balaban J connectivity index is 1.59. The van der Waals surface area contributed by atoms with Crippen molar-refractivity contribution in [1.82, 2.24) is 5.32 Å². The van der Waals surface area contributed by atoms with Crippen molar-refractivity contribution in [3.8, 4) is 0 Å². The van der Waals surface area contributed by atoms with Gasteiger partial charge in [0.25, 0.3) is 0 Å². The second kappa shape index (κ2) is 6.13. The summed E-state index contributed by atoms with van der Waals surface area (Å²) in [6, 6.07) is 0.811. The van der Waals surface area contributed by atoms with Gasteiger partial charge in [-0.1, -0.05) is 39.0 Å². The lowest BCUT2D eigenvalue weighted by atomic mass is 9.82. The Labute approximate surface area is 118 Å². The minimum atomic E-state index is 0.178. The van der Waals surface area contributed by atoms with Crippen LogP contribution in [0.3, 0.4) is 0 Å². The first kappa shape index (κ1) is 13.9. The van der Waals surface area contributed by atoms with Crippen molar-refractivity contribution in [3.05, 3.63) is 0 Å². The van der Waals surface area contributed by atoms with Crippen molar-refractivity contribution in [2.75, 3.05) is 6.54 Å². The van der Waals surface area contributed by atoms with Crippen LogP contribution in [0.25, 0.3) is 0 Å². The highest BCUT2D eigenvalue weighted by atomic mass is 16.5. The molecule has 3 saturated carbocycles. The zero-order valence-corrected chi connectivity index (χ0v) is 12.6. The van der Waals surface area contributed by atoms with Gasteiger partial charge in [-0.15, -0.1) is 0 Å². The summed E-state index contributed by atoms with van der Waals surface area (Å²) in [5, 5.41) is 3.75. The third-order valence-corrected chi connectivity index (χ3v) is 5.49. The molecule has 0 heterocycles. The molecular weight excluding hydrogens is 234 g/mol. The van der Waals surface area contributed by atoms with Gasteiger partial charge in [-0.05, 0) is 44.4 Å². The van der Waals surface area contributed by atoms with Crippen molar-refractivity contribution in [2.24, 2.45) is 5.92 Å². The molecule has 0 aliphatic heterocycles. The zero-order valence-electron chi connectivity index (χ0n) is 12.6. The quantitative estimate of drug-likeness (QED) is 0.810. The van der Waals surface area contributed by atoms with Crippen LogP contribution in [0, 0.1) is 5.92 Å². The molecule has 3 aliphatic carbocycles. The summed E-state index contributed by atoms with van der Waals surface area (Å²) in [6.45, 7) is 3.51. The summed E-state index contributed by atoms with van der Waals surface area (Å²) in [7, 11) is 0. The maximum atomic E-state index is 6.75. The first-order valence-corrected chi connectivity index (χ1v) is 8.69. The Morgan fingerprint density at radius 1 is 0.947 bits per heavy atom. The van der Waals surface area contributed by atoms with E-state index < -0.39 is 0 Å². The van der Waals surface area contributed by atoms with Crippen LogP contribution >= 0.6 is 0 Å². The van der Waals surface area contributed by atoms with E-state index in [0.29, 0.717) is 6.10 Å². The predicted octanol–water partition coefficient (Wildman–Crippen LogP) is 4.04. The molecule has 2 unspecified atom stereocenters. The van der Waals surface area contributed by atoms with Crippen LogP contribution in [0.4, 0.5) is 0 Å². The fourth-order valence-corrected chi connectivity index (χ4v) is 3.93. The van der Waals surface area contributed by atoms with E-state index in [2.05, 4.69) is 12.2 Å². The molecule has 1 N–H and O–H groups in total. The van der Waals surface area contributed by atoms with E-state index in [1.807, 2.05) is 0 Å². The molecule has 2 heteroatoms. The van der Waals surface area contributed by atoms with Gasteiger partial charge in [-0.3, -0.25) is 0 Å². The SMILES string of the molecule is CC1CCCCC1OC1(CNC2CC2)CCCCC1. The molecule has 19 heavy (non-hydrogen) atoms. The first-order chi connectivity index (χ1) is 9.27. The lowest BCUT2D eigenvalue weighted by Gasteiger charge is -2.43. The van der Waals surface area contributed by atoms with Gasteiger partial charge in [0.2, 0.25) is 0 Å². The van der Waals surface area contributed by atoms with E-state index in [1.165, 1.54) is 70.6 Å². The van der Waals surface area contributed by atoms with Crippen LogP contribution in [0.15, 0.2) is 0 Å². The molecule has 0 aromatic carbocycles. The highest BCUT2D eigenvalue weighted by Gasteiger charge is 2.38. The summed E-state index contributed by atoms with van der Waals surface area (Å²) in [6.07, 6.45) is 15.5. The summed E-state index contributed by atoms with van der Waals surface area (Å²) in [4.78, 5) is 0. The number of hydrogen-bond donors (Lipinski definition) is 1. The molecule has 3 aliphatic rings. The Morgan fingerprint density at radius 2 is 1.68 bits per heavy atom. The summed E-state index contributed by atoms with van der Waals surface area (Å²) < 4.78 is 6.75. The lowest BCUT2D eigenvalue weighted by molar-refractivity contribution is -0.138. The van der Waals surface area contributed by atoms with Crippen molar-refractivity contribution in [3.63, 3.8) is 0 Å². The molecule has 0 bridgehead atoms. The van der Waals surface area contributed by atoms with Gasteiger partial charge in [-0.25, -0.2) is 0 Å². The van der Waals surface area contributed by atoms with Gasteiger partial charge in [0.15, 0.2) is 0 Å². The van der Waals surface area contributed by atoms with Crippen LogP contribution < -0.4 is 5.32 Å². The number of hydrogen-bond acceptors (Lipinski definition) is 2. The molecule has 110 valence electrons. The highest BCUT2D eigenvalue weighted by Crippen LogP contribution is 2.37. The fourth-order valence-electron chi connectivity index (χ4n) is 3.93. The lowest BCUT2D eigenvalue weighted by Crippen LogP contribution is -2.49. The van der Waals surface area contributed by atoms with Crippen LogP contribution in [-0.4, -0.2) is 24.3 Å². The minimum Gasteiger partial charge on any atom is -0.370 e. The second-order valence-electron chi connectivity index (χ2n) is 7.32. The van der Waals surface area contributed by atoms with Crippen LogP contribution in [0.2, 0.25) is 0 Å². The first-order valence-electron chi connectivity index (χ1n) is 8.69. The summed E-state index contributed by atoms with van der Waals surface area (Å²) in [5.74, 6) is 0.772. The van der Waals surface area contributed by atoms with E-state index in [4.69, 9.17) is 4.74 Å². The second-order valence-corrected chi connectivity index (χ2v) is 7.32. The Bertz CT molecular complexity index is 281. The van der Waals surface area contributed by atoms with Gasteiger partial charge in [0.1, 0.15) is 0 Å². The molecule has 0 saturated heterocycles. The van der Waals surface area contributed by atoms with Gasteiger partial charge in [-0.2, -0.15) is 0 Å². The summed E-state index contributed by atoms with van der Waals surface area (Å²) >= 11 is 0. The molecule has 2 atom stereocenters. The standard InChI is InChI=1S/C17H31NO/c1-14-7-3-4-8-16(14)19-17(11-5-2-6-12-17)13-18-15-9-10-15/h14-16,18H,2-13H2,1H3. The smallest absolute Gasteiger partial charge is 0.0810 e. The maximum Gasteiger partial charge on any atom is 0.0810 e. The predicted molar refractivity (Wildman–Crippen MR) is 79.3 cm³/mol. The average Bonchev–Trinajstić information content (AvgIpc) is 3.25. The Hall–Kier alpha value is -0.0800. The number of nitrogens with one attached hydrogen (secondary N) is 1. The molecule has 0 spiro atoms. The third-order valence-electron chi connectivity index (χ3n) is 5.49. The van der Waals surface area contributed by atoms with Gasteiger partial charge >= 0.3 is 0 Å². The van der Waals surface area contributed by atoms with E-state index in [9.17, 15) is 0 Å². The minimum absolute atomic E-state index is 0.178. The highest BCUT2D eigenvalue weighted by molar-refractivity contribution is 4.92. The third kappa shape index (κ3) is 3.72. The van der Waals surface area contributed by atoms with Gasteiger partial charge in [0.05, 0.1) is 11.7 Å². The zero-order chi connectivity index (χ0) is 13.1. The average molecular weight is 265 g/mol. The van der Waals surface area contributed by atoms with Gasteiger partial charge < -0.3 is 10.1 Å². The summed E-state index contributed by atoms with van der Waals surface area (Å²) in [5.41, 5.74) is 0.178. The van der Waals surface area contributed by atoms with E-state index in [-0.39, 0.29) is 5.60 Å². The molecule has 0 radical (unpaired) electrons. The molecule has 0 amide bonds. The largest absolute Gasteiger partial charge is 0.370 e. The van der Waals surface area contributed by atoms with Crippen LogP contribution in [-0.2, 0) is 4.74 Å². The fraction of sp³-hybridized carbons (Fsp3) is 1.00. The van der Waals surface area contributed by atoms with Crippen LogP contribution in [0.5, 0.6) is 0 Å². The van der Waals surface area contributed by atoms with Crippen molar-refractivity contribution < 1.29 is 4.74 Å². The maximum absolute atomic E-state index is 6.75. The molecule has 3 fully saturated rings. The van der Waals surface area contributed by atoms with E-state index >= 15 is 0 Å². The molecule has 2 nitrogen and oxygen atoms in total. The molecular formula is C17H31NO. The van der Waals surface area contributed by atoms with E-state index in [1.54, 1.807) is 0 Å². The van der Waals surface area contributed by atoms with Crippen molar-refractivity contribution in [1.29, 1.82) is 0 Å². The molecule has 3 rings (SSSR count). The van der Waals surface area contributed by atoms with Crippen LogP contribution in [0.1, 0.15) is 77.6 Å². The Kier molecular flexibility index (Phi) is 4.48. The van der Waals surface area contributed by atoms with Gasteiger partial charge in [0, 0.05) is 12.6 Å². The van der Waals surface area contributed by atoms with E-state index in [0.717, 1.165) is 18.5 Å². The topological polar surface area (TPSA) is 21.3 Å². The Morgan fingerprint density at radius 3 is 2.37 bits per heavy atom. The number of rotatable bonds is 5. The normalized spacial score (nSPS) is 35.2. The monoisotopic (exact) mass is 265 g/mol. The van der Waals surface area contributed by atoms with Crippen molar-refractivity contribution >= 4 is 0 Å². The molecule has 0 aromatic rings. The molecule has 0 aromatic heterocycles.